The molecule has 0 aliphatic carbocycles. The maximum absolute atomic E-state index is 13.4. The Labute approximate surface area is 179 Å². The van der Waals surface area contributed by atoms with E-state index >= 15 is 0 Å². The number of morpholine rings is 1. The molecule has 0 atom stereocenters. The molecule has 7 heteroatoms. The molecule has 0 saturated carbocycles. The molecule has 1 saturated heterocycles. The summed E-state index contributed by atoms with van der Waals surface area (Å²) >= 11 is 0. The fraction of sp³-hybridized carbons (Fsp3) is 0.208. The number of rotatable bonds is 5. The Morgan fingerprint density at radius 2 is 1.74 bits per heavy atom. The van der Waals surface area contributed by atoms with Crippen molar-refractivity contribution in [2.24, 2.45) is 7.05 Å². The van der Waals surface area contributed by atoms with Gasteiger partial charge in [-0.05, 0) is 23.8 Å². The van der Waals surface area contributed by atoms with Gasteiger partial charge in [0.1, 0.15) is 17.2 Å². The Hall–Kier alpha value is -3.58. The van der Waals surface area contributed by atoms with Crippen LogP contribution in [-0.2, 0) is 11.8 Å². The van der Waals surface area contributed by atoms with Crippen LogP contribution in [0.25, 0.3) is 17.3 Å². The van der Waals surface area contributed by atoms with E-state index < -0.39 is 0 Å². The normalized spacial score (nSPS) is 14.2. The average molecular weight is 419 g/mol. The fourth-order valence-electron chi connectivity index (χ4n) is 3.56. The number of benzene rings is 2. The van der Waals surface area contributed by atoms with Gasteiger partial charge in [-0.15, -0.1) is 0 Å². The first-order valence-electron chi connectivity index (χ1n) is 10.0. The Morgan fingerprint density at radius 1 is 1.06 bits per heavy atom. The fourth-order valence-corrected chi connectivity index (χ4v) is 3.56. The van der Waals surface area contributed by atoms with Crippen LogP contribution in [0.5, 0.6) is 0 Å². The zero-order chi connectivity index (χ0) is 21.8. The summed E-state index contributed by atoms with van der Waals surface area (Å²) in [7, 11) is 1.58. The van der Waals surface area contributed by atoms with E-state index in [2.05, 4.69) is 5.10 Å². The van der Waals surface area contributed by atoms with E-state index in [1.54, 1.807) is 25.3 Å². The predicted molar refractivity (Wildman–Crippen MR) is 118 cm³/mol. The maximum Gasteiger partial charge on any atom is 0.290 e. The Kier molecular flexibility index (Phi) is 6.04. The van der Waals surface area contributed by atoms with E-state index in [0.717, 1.165) is 5.56 Å². The van der Waals surface area contributed by atoms with Crippen LogP contribution in [0.15, 0.2) is 65.5 Å². The lowest BCUT2D eigenvalue weighted by atomic mass is 10.00. The quantitative estimate of drug-likeness (QED) is 0.469. The summed E-state index contributed by atoms with van der Waals surface area (Å²) in [5.74, 6) is -0.685. The van der Waals surface area contributed by atoms with E-state index in [1.807, 2.05) is 35.2 Å². The van der Waals surface area contributed by atoms with Crippen molar-refractivity contribution in [1.29, 1.82) is 0 Å². The first-order valence-corrected chi connectivity index (χ1v) is 10.0. The third kappa shape index (κ3) is 4.46. The number of anilines is 1. The summed E-state index contributed by atoms with van der Waals surface area (Å²) in [6, 6.07) is 15.1. The van der Waals surface area contributed by atoms with Crippen LogP contribution in [0.1, 0.15) is 15.9 Å². The molecule has 2 heterocycles. The van der Waals surface area contributed by atoms with Gasteiger partial charge in [0.15, 0.2) is 5.78 Å². The number of aryl methyl sites for hydroxylation is 1. The van der Waals surface area contributed by atoms with Crippen LogP contribution in [-0.4, -0.2) is 41.9 Å². The van der Waals surface area contributed by atoms with Crippen molar-refractivity contribution < 1.29 is 13.9 Å². The van der Waals surface area contributed by atoms with Crippen molar-refractivity contribution in [3.05, 3.63) is 88.0 Å². The van der Waals surface area contributed by atoms with Crippen LogP contribution in [0.3, 0.4) is 0 Å². The second-order valence-corrected chi connectivity index (χ2v) is 7.22. The van der Waals surface area contributed by atoms with Gasteiger partial charge >= 0.3 is 0 Å². The summed E-state index contributed by atoms with van der Waals surface area (Å²) in [5, 5.41) is 4.43. The molecule has 0 N–H and O–H groups in total. The minimum atomic E-state index is -0.347. The number of allylic oxidation sites excluding steroid dienone is 1. The number of halogens is 1. The van der Waals surface area contributed by atoms with Gasteiger partial charge in [-0.1, -0.05) is 48.5 Å². The molecule has 0 radical (unpaired) electrons. The molecule has 2 aromatic carbocycles. The number of aromatic nitrogens is 2. The van der Waals surface area contributed by atoms with Crippen molar-refractivity contribution in [1.82, 2.24) is 9.78 Å². The molecule has 4 rings (SSSR count). The van der Waals surface area contributed by atoms with Gasteiger partial charge < -0.3 is 9.64 Å². The topological polar surface area (TPSA) is 64.4 Å². The van der Waals surface area contributed by atoms with Gasteiger partial charge in [-0.3, -0.25) is 9.59 Å². The lowest BCUT2D eigenvalue weighted by Crippen LogP contribution is -2.42. The average Bonchev–Trinajstić information content (AvgIpc) is 2.81. The smallest absolute Gasteiger partial charge is 0.290 e. The lowest BCUT2D eigenvalue weighted by molar-refractivity contribution is 0.104. The van der Waals surface area contributed by atoms with Crippen LogP contribution in [0, 0.1) is 5.82 Å². The zero-order valence-electron chi connectivity index (χ0n) is 17.1. The monoisotopic (exact) mass is 419 g/mol. The molecule has 1 aliphatic heterocycles. The Morgan fingerprint density at radius 3 is 2.42 bits per heavy atom. The van der Waals surface area contributed by atoms with E-state index in [4.69, 9.17) is 4.74 Å². The highest BCUT2D eigenvalue weighted by Crippen LogP contribution is 2.28. The number of hydrogen-bond donors (Lipinski definition) is 0. The first-order chi connectivity index (χ1) is 15.0. The standard InChI is InChI=1S/C24H22FN3O3/c1-27-24(30)23(28-13-15-31-16-14-28)21(22(26-27)18-5-3-2-4-6-18)20(29)12-9-17-7-10-19(25)11-8-17/h2-12H,13-16H2,1H3/b12-9+. The largest absolute Gasteiger partial charge is 0.378 e. The molecule has 31 heavy (non-hydrogen) atoms. The molecule has 0 bridgehead atoms. The van der Waals surface area contributed by atoms with Crippen LogP contribution >= 0.6 is 0 Å². The van der Waals surface area contributed by atoms with Crippen LogP contribution < -0.4 is 10.5 Å². The van der Waals surface area contributed by atoms with Gasteiger partial charge in [-0.2, -0.15) is 5.10 Å². The van der Waals surface area contributed by atoms with E-state index in [9.17, 15) is 14.0 Å². The maximum atomic E-state index is 13.4. The molecular weight excluding hydrogens is 397 g/mol. The number of ether oxygens (including phenoxy) is 1. The summed E-state index contributed by atoms with van der Waals surface area (Å²) in [6.07, 6.45) is 3.01. The second-order valence-electron chi connectivity index (χ2n) is 7.22. The number of nitrogens with zero attached hydrogens (tertiary/aromatic N) is 3. The highest BCUT2D eigenvalue weighted by atomic mass is 19.1. The van der Waals surface area contributed by atoms with Crippen molar-refractivity contribution in [3.63, 3.8) is 0 Å². The third-order valence-electron chi connectivity index (χ3n) is 5.14. The molecule has 3 aromatic rings. The third-order valence-corrected chi connectivity index (χ3v) is 5.14. The molecule has 0 amide bonds. The number of hydrogen-bond acceptors (Lipinski definition) is 5. The summed E-state index contributed by atoms with van der Waals surface area (Å²) in [4.78, 5) is 28.4. The van der Waals surface area contributed by atoms with Gasteiger partial charge in [-0.25, -0.2) is 9.07 Å². The molecule has 158 valence electrons. The number of carbonyl (C=O) groups is 1. The SMILES string of the molecule is Cn1nc(-c2ccccc2)c(C(=O)/C=C/c2ccc(F)cc2)c(N2CCOCC2)c1=O. The van der Waals surface area contributed by atoms with Crippen LogP contribution in [0.4, 0.5) is 10.1 Å². The molecule has 0 unspecified atom stereocenters. The van der Waals surface area contributed by atoms with Gasteiger partial charge in [0.25, 0.3) is 5.56 Å². The molecule has 1 aromatic heterocycles. The van der Waals surface area contributed by atoms with Gasteiger partial charge in [0.2, 0.25) is 0 Å². The lowest BCUT2D eigenvalue weighted by Gasteiger charge is -2.30. The van der Waals surface area contributed by atoms with E-state index in [1.165, 1.54) is 22.9 Å². The van der Waals surface area contributed by atoms with Crippen molar-refractivity contribution in [3.8, 4) is 11.3 Å². The van der Waals surface area contributed by atoms with Crippen molar-refractivity contribution in [2.75, 3.05) is 31.2 Å². The van der Waals surface area contributed by atoms with Gasteiger partial charge in [0, 0.05) is 25.7 Å². The van der Waals surface area contributed by atoms with Crippen molar-refractivity contribution in [2.45, 2.75) is 0 Å². The zero-order valence-corrected chi connectivity index (χ0v) is 17.1. The minimum Gasteiger partial charge on any atom is -0.378 e. The minimum absolute atomic E-state index is 0.259. The molecule has 0 spiro atoms. The van der Waals surface area contributed by atoms with Crippen LogP contribution in [0.2, 0.25) is 0 Å². The highest BCUT2D eigenvalue weighted by molar-refractivity contribution is 6.14. The molecule has 1 aliphatic rings. The number of carbonyl (C=O) groups excluding carboxylic acids is 1. The Balaban J connectivity index is 1.86. The molecule has 1 fully saturated rings. The highest BCUT2D eigenvalue weighted by Gasteiger charge is 2.27. The van der Waals surface area contributed by atoms with Crippen molar-refractivity contribution >= 4 is 17.5 Å². The molecular formula is C24H22FN3O3. The van der Waals surface area contributed by atoms with E-state index in [-0.39, 0.29) is 22.7 Å². The molecule has 6 nitrogen and oxygen atoms in total. The summed E-state index contributed by atoms with van der Waals surface area (Å²) in [5.41, 5.74) is 2.12. The van der Waals surface area contributed by atoms with E-state index in [0.29, 0.717) is 43.2 Å². The van der Waals surface area contributed by atoms with Gasteiger partial charge in [0.05, 0.1) is 18.8 Å². The number of ketones is 1. The summed E-state index contributed by atoms with van der Waals surface area (Å²) in [6.45, 7) is 1.97. The second kappa shape index (κ2) is 9.06. The predicted octanol–water partition coefficient (Wildman–Crippen LogP) is 3.32. The Bertz CT molecular complexity index is 1170. The summed E-state index contributed by atoms with van der Waals surface area (Å²) < 4.78 is 19.9. The first kappa shape index (κ1) is 20.7.